The van der Waals surface area contributed by atoms with E-state index in [4.69, 9.17) is 0 Å². The fraction of sp³-hybridized carbons (Fsp3) is 0.500. The molecule has 1 aliphatic heterocycles. The molecule has 0 amide bonds. The molecule has 0 saturated carbocycles. The van der Waals surface area contributed by atoms with Crippen molar-refractivity contribution in [2.45, 2.75) is 25.8 Å². The number of nitrogens with one attached hydrogen (secondary N) is 1. The minimum atomic E-state index is -2.37. The van der Waals surface area contributed by atoms with E-state index < -0.39 is 6.43 Å². The van der Waals surface area contributed by atoms with Crippen LogP contribution in [0.4, 0.5) is 8.78 Å². The molecule has 1 aliphatic rings. The number of hydrogen-bond donors (Lipinski definition) is 1. The van der Waals surface area contributed by atoms with Gasteiger partial charge in [0.1, 0.15) is 0 Å². The van der Waals surface area contributed by atoms with Gasteiger partial charge >= 0.3 is 0 Å². The summed E-state index contributed by atoms with van der Waals surface area (Å²) in [7, 11) is 0. The zero-order valence-electron chi connectivity index (χ0n) is 8.71. The van der Waals surface area contributed by atoms with E-state index in [1.165, 1.54) is 12.1 Å². The maximum absolute atomic E-state index is 12.3. The molecule has 1 aromatic carbocycles. The number of halogens is 2. The van der Waals surface area contributed by atoms with Gasteiger partial charge in [0.15, 0.2) is 0 Å². The van der Waals surface area contributed by atoms with Gasteiger partial charge in [-0.3, -0.25) is 0 Å². The van der Waals surface area contributed by atoms with Crippen LogP contribution in [0.5, 0.6) is 0 Å². The second-order valence-electron chi connectivity index (χ2n) is 4.27. The Bertz CT molecular complexity index is 321. The van der Waals surface area contributed by atoms with Gasteiger partial charge in [-0.05, 0) is 24.4 Å². The van der Waals surface area contributed by atoms with Crippen LogP contribution in [-0.4, -0.2) is 6.54 Å². The number of rotatable bonds is 2. The molecular weight excluding hydrogens is 196 g/mol. The molecule has 0 spiro atoms. The van der Waals surface area contributed by atoms with Crippen molar-refractivity contribution in [1.29, 1.82) is 0 Å². The fourth-order valence-corrected chi connectivity index (χ4v) is 2.04. The van der Waals surface area contributed by atoms with Crippen LogP contribution in [-0.2, 0) is 0 Å². The zero-order valence-corrected chi connectivity index (χ0v) is 8.71. The van der Waals surface area contributed by atoms with Crippen molar-refractivity contribution in [1.82, 2.24) is 5.32 Å². The first-order chi connectivity index (χ1) is 7.16. The van der Waals surface area contributed by atoms with Crippen molar-refractivity contribution in [2.75, 3.05) is 6.54 Å². The molecule has 2 rings (SSSR count). The van der Waals surface area contributed by atoms with Gasteiger partial charge in [-0.2, -0.15) is 0 Å². The van der Waals surface area contributed by atoms with E-state index in [9.17, 15) is 8.78 Å². The second kappa shape index (κ2) is 4.27. The topological polar surface area (TPSA) is 12.0 Å². The van der Waals surface area contributed by atoms with Crippen LogP contribution >= 0.6 is 0 Å². The third-order valence-electron chi connectivity index (χ3n) is 2.94. The van der Waals surface area contributed by atoms with Gasteiger partial charge < -0.3 is 5.32 Å². The quantitative estimate of drug-likeness (QED) is 0.791. The Morgan fingerprint density at radius 3 is 2.40 bits per heavy atom. The van der Waals surface area contributed by atoms with Crippen molar-refractivity contribution in [3.63, 3.8) is 0 Å². The zero-order chi connectivity index (χ0) is 10.8. The molecule has 3 heteroatoms. The van der Waals surface area contributed by atoms with Gasteiger partial charge in [0, 0.05) is 11.6 Å². The summed E-state index contributed by atoms with van der Waals surface area (Å²) < 4.78 is 24.6. The van der Waals surface area contributed by atoms with Crippen LogP contribution in [0.3, 0.4) is 0 Å². The minimum absolute atomic E-state index is 0.102. The highest BCUT2D eigenvalue weighted by molar-refractivity contribution is 5.26. The molecule has 2 atom stereocenters. The van der Waals surface area contributed by atoms with E-state index in [0.717, 1.165) is 18.5 Å². The Labute approximate surface area is 88.5 Å². The molecule has 82 valence electrons. The van der Waals surface area contributed by atoms with Gasteiger partial charge in [0.25, 0.3) is 6.43 Å². The van der Waals surface area contributed by atoms with E-state index in [2.05, 4.69) is 12.2 Å². The largest absolute Gasteiger partial charge is 0.310 e. The van der Waals surface area contributed by atoms with Gasteiger partial charge in [-0.15, -0.1) is 0 Å². The molecule has 15 heavy (non-hydrogen) atoms. The van der Waals surface area contributed by atoms with E-state index >= 15 is 0 Å². The molecule has 0 aromatic heterocycles. The van der Waals surface area contributed by atoms with E-state index in [-0.39, 0.29) is 5.56 Å². The van der Waals surface area contributed by atoms with Crippen molar-refractivity contribution >= 4 is 0 Å². The van der Waals surface area contributed by atoms with Crippen molar-refractivity contribution < 1.29 is 8.78 Å². The normalized spacial score (nSPS) is 26.1. The van der Waals surface area contributed by atoms with Crippen LogP contribution < -0.4 is 5.32 Å². The summed E-state index contributed by atoms with van der Waals surface area (Å²) in [6, 6.07) is 6.98. The summed E-state index contributed by atoms with van der Waals surface area (Å²) in [4.78, 5) is 0. The summed E-state index contributed by atoms with van der Waals surface area (Å²) in [5.41, 5.74) is 1.22. The van der Waals surface area contributed by atoms with Gasteiger partial charge in [-0.25, -0.2) is 8.78 Å². The van der Waals surface area contributed by atoms with Gasteiger partial charge in [0.2, 0.25) is 0 Å². The molecule has 1 heterocycles. The smallest absolute Gasteiger partial charge is 0.263 e. The second-order valence-corrected chi connectivity index (χ2v) is 4.27. The molecule has 1 fully saturated rings. The molecule has 1 saturated heterocycles. The fourth-order valence-electron chi connectivity index (χ4n) is 2.04. The first-order valence-corrected chi connectivity index (χ1v) is 5.28. The summed E-state index contributed by atoms with van der Waals surface area (Å²) in [5, 5.41) is 3.38. The van der Waals surface area contributed by atoms with Crippen LogP contribution in [0.1, 0.15) is 36.9 Å². The molecule has 2 unspecified atom stereocenters. The van der Waals surface area contributed by atoms with Crippen molar-refractivity contribution in [3.05, 3.63) is 35.4 Å². The lowest BCUT2D eigenvalue weighted by molar-refractivity contribution is 0.151. The lowest BCUT2D eigenvalue weighted by Gasteiger charge is -2.11. The average Bonchev–Trinajstić information content (AvgIpc) is 2.65. The Morgan fingerprint density at radius 1 is 1.27 bits per heavy atom. The molecular formula is C12H15F2N. The molecule has 0 bridgehead atoms. The minimum Gasteiger partial charge on any atom is -0.310 e. The highest BCUT2D eigenvalue weighted by Crippen LogP contribution is 2.28. The van der Waals surface area contributed by atoms with Crippen LogP contribution in [0.2, 0.25) is 0 Å². The van der Waals surface area contributed by atoms with E-state index in [1.54, 1.807) is 12.1 Å². The first-order valence-electron chi connectivity index (χ1n) is 5.28. The summed E-state index contributed by atoms with van der Waals surface area (Å²) >= 11 is 0. The Balaban J connectivity index is 2.10. The van der Waals surface area contributed by atoms with Crippen molar-refractivity contribution in [2.24, 2.45) is 5.92 Å². The molecule has 0 radical (unpaired) electrons. The highest BCUT2D eigenvalue weighted by atomic mass is 19.3. The monoisotopic (exact) mass is 211 g/mol. The number of benzene rings is 1. The third kappa shape index (κ3) is 2.34. The lowest BCUT2D eigenvalue weighted by Crippen LogP contribution is -2.13. The van der Waals surface area contributed by atoms with Crippen molar-refractivity contribution in [3.8, 4) is 0 Å². The van der Waals surface area contributed by atoms with Gasteiger partial charge in [0.05, 0.1) is 0 Å². The predicted octanol–water partition coefficient (Wildman–Crippen LogP) is 3.29. The molecule has 1 N–H and O–H groups in total. The average molecular weight is 211 g/mol. The molecule has 1 nitrogen and oxygen atoms in total. The first kappa shape index (κ1) is 10.6. The summed E-state index contributed by atoms with van der Waals surface area (Å²) in [6.45, 7) is 3.21. The lowest BCUT2D eigenvalue weighted by atomic mass is 10.0. The molecule has 1 aromatic rings. The van der Waals surface area contributed by atoms with Crippen LogP contribution in [0.25, 0.3) is 0 Å². The van der Waals surface area contributed by atoms with Crippen LogP contribution in [0.15, 0.2) is 24.3 Å². The Kier molecular flexibility index (Phi) is 3.00. The number of alkyl halides is 2. The number of hydrogen-bond acceptors (Lipinski definition) is 1. The summed E-state index contributed by atoms with van der Waals surface area (Å²) in [6.07, 6.45) is -1.27. The summed E-state index contributed by atoms with van der Waals surface area (Å²) in [5.74, 6) is 0.671. The van der Waals surface area contributed by atoms with E-state index in [1.807, 2.05) is 0 Å². The third-order valence-corrected chi connectivity index (χ3v) is 2.94. The maximum Gasteiger partial charge on any atom is 0.263 e. The Morgan fingerprint density at radius 2 is 1.93 bits per heavy atom. The predicted molar refractivity (Wildman–Crippen MR) is 55.9 cm³/mol. The van der Waals surface area contributed by atoms with E-state index in [0.29, 0.717) is 12.0 Å². The highest BCUT2D eigenvalue weighted by Gasteiger charge is 2.21. The van der Waals surface area contributed by atoms with Gasteiger partial charge in [-0.1, -0.05) is 31.2 Å². The maximum atomic E-state index is 12.3. The standard InChI is InChI=1S/C12H15F2N/c1-8-6-11(15-7-8)9-2-4-10(5-3-9)12(13)14/h2-5,8,11-12,15H,6-7H2,1H3. The SMILES string of the molecule is CC1CNC(c2ccc(C(F)F)cc2)C1. The molecule has 0 aliphatic carbocycles. The van der Waals surface area contributed by atoms with Crippen LogP contribution in [0, 0.1) is 5.92 Å². The Hall–Kier alpha value is -0.960.